The van der Waals surface area contributed by atoms with Gasteiger partial charge in [0.2, 0.25) is 0 Å². The van der Waals surface area contributed by atoms with Gasteiger partial charge in [-0.3, -0.25) is 0 Å². The van der Waals surface area contributed by atoms with Crippen molar-refractivity contribution < 1.29 is 34.3 Å². The Bertz CT molecular complexity index is 207. The lowest BCUT2D eigenvalue weighted by molar-refractivity contribution is -0.132. The summed E-state index contributed by atoms with van der Waals surface area (Å²) in [5.74, 6) is -0.952. The average Bonchev–Trinajstić information content (AvgIpc) is 2.35. The van der Waals surface area contributed by atoms with Gasteiger partial charge in [0.15, 0.2) is 0 Å². The maximum absolute atomic E-state index is 9.94. The number of carboxylic acids is 1. The molecule has 0 amide bonds. The molecule has 3 N–H and O–H groups in total. The van der Waals surface area contributed by atoms with Crippen molar-refractivity contribution in [3.63, 3.8) is 0 Å². The zero-order valence-electron chi connectivity index (χ0n) is 10.8. The second-order valence-electron chi connectivity index (χ2n) is 3.01. The van der Waals surface area contributed by atoms with Crippen LogP contribution in [0.2, 0.25) is 0 Å². The van der Waals surface area contributed by atoms with E-state index in [1.807, 2.05) is 0 Å². The molecule has 0 spiro atoms. The third-order valence-corrected chi connectivity index (χ3v) is 1.48. The quantitative estimate of drug-likeness (QED) is 0.297. The first-order valence-corrected chi connectivity index (χ1v) is 5.40. The Kier molecular flexibility index (Phi) is 16.9. The molecule has 108 valence electrons. The second-order valence-corrected chi connectivity index (χ2v) is 3.01. The van der Waals surface area contributed by atoms with Gasteiger partial charge in [0.05, 0.1) is 58.6 Å². The number of aliphatic hydroxyl groups excluding tert-OH is 2. The Morgan fingerprint density at radius 2 is 1.50 bits per heavy atom. The lowest BCUT2D eigenvalue weighted by Gasteiger charge is -2.01. The molecule has 0 atom stereocenters. The van der Waals surface area contributed by atoms with Crippen LogP contribution < -0.4 is 0 Å². The second kappa shape index (κ2) is 15.9. The Morgan fingerprint density at radius 3 is 1.72 bits per heavy atom. The lowest BCUT2D eigenvalue weighted by atomic mass is 10.4. The first-order chi connectivity index (χ1) is 8.59. The van der Waals surface area contributed by atoms with Crippen LogP contribution in [0.5, 0.6) is 0 Å². The first kappa shape index (κ1) is 19.2. The number of methoxy groups -OCH3 is 1. The number of carbonyl (C=O) groups is 1. The molecule has 7 nitrogen and oxygen atoms in total. The van der Waals surface area contributed by atoms with E-state index in [1.165, 1.54) is 20.3 Å². The molecule has 0 bridgehead atoms. The number of hydrogen-bond donors (Lipinski definition) is 3. The van der Waals surface area contributed by atoms with E-state index in [4.69, 9.17) is 24.8 Å². The fourth-order valence-electron chi connectivity index (χ4n) is 0.678. The highest BCUT2D eigenvalue weighted by Gasteiger charge is 1.96. The minimum atomic E-state index is -0.952. The summed E-state index contributed by atoms with van der Waals surface area (Å²) in [6, 6.07) is 0. The van der Waals surface area contributed by atoms with Crippen LogP contribution in [0.1, 0.15) is 6.92 Å². The highest BCUT2D eigenvalue weighted by Crippen LogP contribution is 1.89. The zero-order valence-corrected chi connectivity index (χ0v) is 10.8. The lowest BCUT2D eigenvalue weighted by Crippen LogP contribution is -2.09. The smallest absolute Gasteiger partial charge is 0.334 e. The van der Waals surface area contributed by atoms with Crippen molar-refractivity contribution in [2.24, 2.45) is 0 Å². The molecule has 0 aromatic heterocycles. The molecule has 0 unspecified atom stereocenters. The summed E-state index contributed by atoms with van der Waals surface area (Å²) in [4.78, 5) is 9.94. The van der Waals surface area contributed by atoms with Gasteiger partial charge in [-0.15, -0.1) is 0 Å². The molecule has 0 heterocycles. The van der Waals surface area contributed by atoms with Crippen LogP contribution in [0.15, 0.2) is 11.8 Å². The van der Waals surface area contributed by atoms with Gasteiger partial charge in [0.25, 0.3) is 0 Å². The van der Waals surface area contributed by atoms with Crippen LogP contribution in [0.4, 0.5) is 0 Å². The summed E-state index contributed by atoms with van der Waals surface area (Å²) < 4.78 is 14.2. The predicted octanol–water partition coefficient (Wildman–Crippen LogP) is -0.375. The molecule has 0 aliphatic heterocycles. The fraction of sp³-hybridized carbons (Fsp3) is 0.727. The Labute approximate surface area is 107 Å². The zero-order chi connectivity index (χ0) is 14.2. The number of rotatable bonds is 9. The Hall–Kier alpha value is -1.15. The molecule has 0 aliphatic carbocycles. The summed E-state index contributed by atoms with van der Waals surface area (Å²) in [6.45, 7) is 3.19. The normalized spacial score (nSPS) is 10.6. The van der Waals surface area contributed by atoms with Crippen molar-refractivity contribution in [1.29, 1.82) is 0 Å². The van der Waals surface area contributed by atoms with Crippen molar-refractivity contribution in [2.75, 3.05) is 46.8 Å². The number of ether oxygens (including phenoxy) is 3. The van der Waals surface area contributed by atoms with E-state index < -0.39 is 5.97 Å². The van der Waals surface area contributed by atoms with E-state index in [0.717, 1.165) is 0 Å². The van der Waals surface area contributed by atoms with E-state index in [0.29, 0.717) is 26.4 Å². The highest BCUT2D eigenvalue weighted by atomic mass is 16.5. The van der Waals surface area contributed by atoms with Crippen LogP contribution >= 0.6 is 0 Å². The Morgan fingerprint density at radius 1 is 1.06 bits per heavy atom. The summed E-state index contributed by atoms with van der Waals surface area (Å²) >= 11 is 0. The van der Waals surface area contributed by atoms with Gasteiger partial charge >= 0.3 is 5.97 Å². The van der Waals surface area contributed by atoms with Crippen LogP contribution in [0, 0.1) is 0 Å². The van der Waals surface area contributed by atoms with Gasteiger partial charge in [-0.2, -0.15) is 0 Å². The van der Waals surface area contributed by atoms with E-state index in [9.17, 15) is 4.79 Å². The van der Waals surface area contributed by atoms with Gasteiger partial charge < -0.3 is 29.5 Å². The van der Waals surface area contributed by atoms with E-state index in [2.05, 4.69) is 4.74 Å². The van der Waals surface area contributed by atoms with Crippen LogP contribution in [-0.4, -0.2) is 68.0 Å². The number of aliphatic hydroxyl groups is 2. The SMILES string of the molecule is COC=C(C)C(=O)O.OCCOCCOCCO. The molecule has 0 saturated carbocycles. The van der Waals surface area contributed by atoms with E-state index >= 15 is 0 Å². The van der Waals surface area contributed by atoms with Gasteiger partial charge in [0, 0.05) is 0 Å². The maximum Gasteiger partial charge on any atom is 0.334 e. The summed E-state index contributed by atoms with van der Waals surface area (Å²) in [5.41, 5.74) is 0.201. The molecule has 0 rings (SSSR count). The molecule has 0 fully saturated rings. The molecule has 7 heteroatoms. The van der Waals surface area contributed by atoms with Gasteiger partial charge in [-0.1, -0.05) is 0 Å². The number of aliphatic carboxylic acids is 1. The predicted molar refractivity (Wildman–Crippen MR) is 64.2 cm³/mol. The largest absolute Gasteiger partial charge is 0.504 e. The fourth-order valence-corrected chi connectivity index (χ4v) is 0.678. The molecule has 0 saturated heterocycles. The third kappa shape index (κ3) is 17.3. The van der Waals surface area contributed by atoms with Crippen molar-refractivity contribution in [3.05, 3.63) is 11.8 Å². The number of hydrogen-bond acceptors (Lipinski definition) is 6. The van der Waals surface area contributed by atoms with Crippen molar-refractivity contribution in [1.82, 2.24) is 0 Å². The molecule has 0 aliphatic rings. The van der Waals surface area contributed by atoms with E-state index in [-0.39, 0.29) is 18.8 Å². The highest BCUT2D eigenvalue weighted by molar-refractivity contribution is 5.85. The summed E-state index contributed by atoms with van der Waals surface area (Å²) in [5, 5.41) is 24.7. The Balaban J connectivity index is 0. The summed E-state index contributed by atoms with van der Waals surface area (Å²) in [7, 11) is 1.41. The standard InChI is InChI=1S/C6H14O4.C5H8O3/c7-1-3-9-5-6-10-4-2-8;1-4(3-8-2)5(6)7/h7-8H,1-6H2;3H,1-2H3,(H,6,7). The van der Waals surface area contributed by atoms with Crippen LogP contribution in [0.25, 0.3) is 0 Å². The summed E-state index contributed by atoms with van der Waals surface area (Å²) in [6.07, 6.45) is 1.18. The van der Waals surface area contributed by atoms with Crippen molar-refractivity contribution >= 4 is 5.97 Å². The molecule has 0 radical (unpaired) electrons. The molecular formula is C11H22O7. The van der Waals surface area contributed by atoms with Gasteiger partial charge in [-0.25, -0.2) is 4.79 Å². The minimum absolute atomic E-state index is 0.0417. The molecular weight excluding hydrogens is 244 g/mol. The first-order valence-electron chi connectivity index (χ1n) is 5.40. The van der Waals surface area contributed by atoms with Crippen molar-refractivity contribution in [3.8, 4) is 0 Å². The third-order valence-electron chi connectivity index (χ3n) is 1.48. The number of carboxylic acid groups (broad SMARTS) is 1. The van der Waals surface area contributed by atoms with Crippen molar-refractivity contribution in [2.45, 2.75) is 6.92 Å². The van der Waals surface area contributed by atoms with Crippen LogP contribution in [-0.2, 0) is 19.0 Å². The molecule has 18 heavy (non-hydrogen) atoms. The van der Waals surface area contributed by atoms with Gasteiger partial charge in [0.1, 0.15) is 0 Å². The minimum Gasteiger partial charge on any atom is -0.504 e. The topological polar surface area (TPSA) is 105 Å². The monoisotopic (exact) mass is 266 g/mol. The maximum atomic E-state index is 9.94. The average molecular weight is 266 g/mol. The van der Waals surface area contributed by atoms with Gasteiger partial charge in [-0.05, 0) is 6.92 Å². The molecule has 0 aromatic carbocycles. The molecule has 0 aromatic rings. The van der Waals surface area contributed by atoms with E-state index in [1.54, 1.807) is 0 Å². The van der Waals surface area contributed by atoms with Crippen LogP contribution in [0.3, 0.4) is 0 Å².